The summed E-state index contributed by atoms with van der Waals surface area (Å²) >= 11 is 0. The van der Waals surface area contributed by atoms with Crippen molar-refractivity contribution in [3.05, 3.63) is 59.9 Å². The van der Waals surface area contributed by atoms with Crippen LogP contribution < -0.4 is 5.46 Å². The summed E-state index contributed by atoms with van der Waals surface area (Å²) in [5, 5.41) is 17.3. The van der Waals surface area contributed by atoms with Crippen LogP contribution in [0.1, 0.15) is 11.1 Å². The number of aromatic nitrogens is 1. The molecule has 0 amide bonds. The highest BCUT2D eigenvalue weighted by molar-refractivity contribution is 6.59. The quantitative estimate of drug-likeness (QED) is 0.621. The van der Waals surface area contributed by atoms with E-state index < -0.39 is 36.1 Å². The van der Waals surface area contributed by atoms with Crippen molar-refractivity contribution in [3.8, 4) is 0 Å². The molecule has 0 bridgehead atoms. The van der Waals surface area contributed by atoms with E-state index >= 15 is 0 Å². The Morgan fingerprint density at radius 2 is 1.39 bits per heavy atom. The largest absolute Gasteiger partial charge is 0.489 e. The zero-order valence-electron chi connectivity index (χ0n) is 11.3. The summed E-state index contributed by atoms with van der Waals surface area (Å²) in [6, 6.07) is 6.29. The Kier molecular flexibility index (Phi) is 6.16. The van der Waals surface area contributed by atoms with Crippen LogP contribution in [0.3, 0.4) is 0 Å². The maximum atomic E-state index is 12.4. The molecular formula is C13H10BF6NO2. The fourth-order valence-electron chi connectivity index (χ4n) is 1.52. The van der Waals surface area contributed by atoms with E-state index in [1.807, 2.05) is 18.2 Å². The third-order valence-electron chi connectivity index (χ3n) is 2.53. The van der Waals surface area contributed by atoms with E-state index in [0.717, 1.165) is 0 Å². The number of hydrogen-bond donors (Lipinski definition) is 2. The van der Waals surface area contributed by atoms with Crippen LogP contribution >= 0.6 is 0 Å². The average Bonchev–Trinajstić information content (AvgIpc) is 2.47. The first-order chi connectivity index (χ1) is 10.5. The van der Waals surface area contributed by atoms with Crippen molar-refractivity contribution in [3.63, 3.8) is 0 Å². The van der Waals surface area contributed by atoms with Crippen molar-refractivity contribution in [1.82, 2.24) is 4.98 Å². The molecule has 23 heavy (non-hydrogen) atoms. The summed E-state index contributed by atoms with van der Waals surface area (Å²) in [6.07, 6.45) is -6.53. The molecule has 0 spiro atoms. The van der Waals surface area contributed by atoms with Gasteiger partial charge >= 0.3 is 19.5 Å². The molecule has 0 unspecified atom stereocenters. The second-order valence-electron chi connectivity index (χ2n) is 4.20. The number of benzene rings is 1. The molecule has 0 fully saturated rings. The van der Waals surface area contributed by atoms with Crippen LogP contribution in [0.25, 0.3) is 0 Å². The lowest BCUT2D eigenvalue weighted by molar-refractivity contribution is -0.142. The summed E-state index contributed by atoms with van der Waals surface area (Å²) in [7, 11) is -2.49. The van der Waals surface area contributed by atoms with Gasteiger partial charge in [0.25, 0.3) is 0 Å². The summed E-state index contributed by atoms with van der Waals surface area (Å²) in [5.41, 5.74) is -4.25. The van der Waals surface area contributed by atoms with Crippen LogP contribution in [-0.4, -0.2) is 22.2 Å². The van der Waals surface area contributed by atoms with Gasteiger partial charge in [-0.2, -0.15) is 26.3 Å². The van der Waals surface area contributed by atoms with Crippen LogP contribution in [-0.2, 0) is 12.4 Å². The predicted octanol–water partition coefficient (Wildman–Crippen LogP) is 2.49. The Morgan fingerprint density at radius 3 is 1.70 bits per heavy atom. The summed E-state index contributed by atoms with van der Waals surface area (Å²) in [4.78, 5) is 3.78. The second kappa shape index (κ2) is 7.47. The van der Waals surface area contributed by atoms with Gasteiger partial charge in [-0.25, -0.2) is 0 Å². The summed E-state index contributed by atoms with van der Waals surface area (Å²) in [5.74, 6) is 0. The summed E-state index contributed by atoms with van der Waals surface area (Å²) in [6.45, 7) is 0. The fraction of sp³-hybridized carbons (Fsp3) is 0.154. The Bertz CT molecular complexity index is 589. The predicted molar refractivity (Wildman–Crippen MR) is 70.5 cm³/mol. The zero-order valence-corrected chi connectivity index (χ0v) is 11.3. The minimum absolute atomic E-state index is 0.158. The topological polar surface area (TPSA) is 53.4 Å². The smallest absolute Gasteiger partial charge is 0.423 e. The first-order valence-corrected chi connectivity index (χ1v) is 6.03. The Balaban J connectivity index is 0.000000366. The van der Waals surface area contributed by atoms with Crippen LogP contribution in [0.5, 0.6) is 0 Å². The number of halogens is 6. The molecule has 0 aliphatic heterocycles. The van der Waals surface area contributed by atoms with Crippen molar-refractivity contribution in [2.24, 2.45) is 0 Å². The first kappa shape index (κ1) is 19.0. The second-order valence-corrected chi connectivity index (χ2v) is 4.20. The van der Waals surface area contributed by atoms with Crippen LogP contribution in [0.15, 0.2) is 48.8 Å². The monoisotopic (exact) mass is 337 g/mol. The molecular weight excluding hydrogens is 327 g/mol. The van der Waals surface area contributed by atoms with Gasteiger partial charge in [-0.3, -0.25) is 4.98 Å². The van der Waals surface area contributed by atoms with E-state index in [2.05, 4.69) is 4.98 Å². The minimum Gasteiger partial charge on any atom is -0.423 e. The van der Waals surface area contributed by atoms with Crippen molar-refractivity contribution in [2.75, 3.05) is 0 Å². The van der Waals surface area contributed by atoms with Gasteiger partial charge in [0.15, 0.2) is 0 Å². The number of rotatable bonds is 1. The molecule has 0 radical (unpaired) electrons. The van der Waals surface area contributed by atoms with Gasteiger partial charge < -0.3 is 10.0 Å². The highest BCUT2D eigenvalue weighted by Gasteiger charge is 2.39. The first-order valence-electron chi connectivity index (χ1n) is 6.03. The highest BCUT2D eigenvalue weighted by atomic mass is 19.4. The molecule has 1 aromatic heterocycles. The summed E-state index contributed by atoms with van der Waals surface area (Å²) < 4.78 is 73.8. The van der Waals surface area contributed by atoms with E-state index in [0.29, 0.717) is 12.1 Å². The molecule has 3 nitrogen and oxygen atoms in total. The molecule has 2 N–H and O–H groups in total. The standard InChI is InChI=1S/C8H5BF6O2.C5H5N/c10-7(11,12)4-1-2-6(9(16)17)5(3-4)8(13,14)15;1-2-4-6-5-3-1/h1-3,16-17H;1-5H. The number of pyridine rings is 1. The Morgan fingerprint density at radius 1 is 0.826 bits per heavy atom. The lowest BCUT2D eigenvalue weighted by Gasteiger charge is -2.15. The van der Waals surface area contributed by atoms with Gasteiger partial charge in [-0.1, -0.05) is 18.2 Å². The van der Waals surface area contributed by atoms with Crippen molar-refractivity contribution >= 4 is 12.6 Å². The molecule has 2 rings (SSSR count). The normalized spacial score (nSPS) is 11.5. The lowest BCUT2D eigenvalue weighted by Crippen LogP contribution is -2.36. The minimum atomic E-state index is -5.10. The molecule has 10 heteroatoms. The SMILES string of the molecule is OB(O)c1ccc(C(F)(F)F)cc1C(F)(F)F.c1ccncc1. The van der Waals surface area contributed by atoms with Gasteiger partial charge in [-0.05, 0) is 23.7 Å². The Hall–Kier alpha value is -2.07. The molecule has 1 aromatic carbocycles. The van der Waals surface area contributed by atoms with E-state index in [1.54, 1.807) is 12.4 Å². The average molecular weight is 337 g/mol. The molecule has 1 heterocycles. The van der Waals surface area contributed by atoms with Crippen LogP contribution in [0, 0.1) is 0 Å². The number of nitrogens with zero attached hydrogens (tertiary/aromatic N) is 1. The van der Waals surface area contributed by atoms with E-state index in [9.17, 15) is 26.3 Å². The highest BCUT2D eigenvalue weighted by Crippen LogP contribution is 2.34. The molecule has 2 aromatic rings. The third kappa shape index (κ3) is 5.91. The van der Waals surface area contributed by atoms with Gasteiger partial charge in [0.2, 0.25) is 0 Å². The van der Waals surface area contributed by atoms with E-state index in [-0.39, 0.29) is 6.07 Å². The third-order valence-corrected chi connectivity index (χ3v) is 2.53. The molecule has 0 saturated carbocycles. The molecule has 0 atom stereocenters. The van der Waals surface area contributed by atoms with E-state index in [1.165, 1.54) is 0 Å². The van der Waals surface area contributed by atoms with Crippen molar-refractivity contribution in [1.29, 1.82) is 0 Å². The molecule has 0 saturated heterocycles. The maximum Gasteiger partial charge on any atom is 0.489 e. The van der Waals surface area contributed by atoms with Crippen LogP contribution in [0.2, 0.25) is 0 Å². The maximum absolute atomic E-state index is 12.4. The van der Waals surface area contributed by atoms with Crippen LogP contribution in [0.4, 0.5) is 26.3 Å². The number of alkyl halides is 6. The molecule has 0 aliphatic rings. The molecule has 0 aliphatic carbocycles. The lowest BCUT2D eigenvalue weighted by atomic mass is 9.76. The van der Waals surface area contributed by atoms with Gasteiger partial charge in [0.05, 0.1) is 11.1 Å². The zero-order chi connectivity index (χ0) is 17.7. The number of hydrogen-bond acceptors (Lipinski definition) is 3. The fourth-order valence-corrected chi connectivity index (χ4v) is 1.52. The van der Waals surface area contributed by atoms with Crippen molar-refractivity contribution < 1.29 is 36.4 Å². The van der Waals surface area contributed by atoms with Gasteiger partial charge in [0.1, 0.15) is 0 Å². The van der Waals surface area contributed by atoms with Crippen molar-refractivity contribution in [2.45, 2.75) is 12.4 Å². The molecule has 124 valence electrons. The van der Waals surface area contributed by atoms with Gasteiger partial charge in [0, 0.05) is 12.4 Å². The Labute approximate surface area is 127 Å². The van der Waals surface area contributed by atoms with Gasteiger partial charge in [-0.15, -0.1) is 0 Å². The van der Waals surface area contributed by atoms with E-state index in [4.69, 9.17) is 10.0 Å².